The fraction of sp³-hybridized carbons (Fsp3) is 1.00. The largest absolute Gasteiger partial charge is 0.306 e. The maximum absolute atomic E-state index is 2.61. The van der Waals surface area contributed by atoms with E-state index in [1.54, 1.807) is 0 Å². The van der Waals surface area contributed by atoms with E-state index in [1.807, 2.05) is 0 Å². The van der Waals surface area contributed by atoms with Crippen molar-refractivity contribution in [3.63, 3.8) is 0 Å². The first-order chi connectivity index (χ1) is 12.4. The molecule has 0 heterocycles. The molecule has 0 rings (SSSR count). The normalized spacial score (nSPS) is 16.6. The van der Waals surface area contributed by atoms with Crippen LogP contribution in [-0.4, -0.2) is 25.0 Å². The van der Waals surface area contributed by atoms with Crippen LogP contribution in [0, 0.1) is 23.7 Å². The molecule has 0 aliphatic heterocycles. The Morgan fingerprint density at radius 2 is 1.19 bits per heavy atom. The molecular weight excluding hydrogens is 314 g/mol. The molecule has 0 bridgehead atoms. The summed E-state index contributed by atoms with van der Waals surface area (Å²) in [5, 5.41) is 0. The second-order valence-electron chi connectivity index (χ2n) is 9.51. The van der Waals surface area contributed by atoms with Gasteiger partial charge < -0.3 is 4.90 Å². The molecule has 4 atom stereocenters. The zero-order valence-corrected chi connectivity index (χ0v) is 19.7. The lowest BCUT2D eigenvalue weighted by Gasteiger charge is -2.29. The molecule has 1 heteroatoms. The molecule has 0 N–H and O–H groups in total. The van der Waals surface area contributed by atoms with E-state index in [0.717, 1.165) is 23.7 Å². The van der Waals surface area contributed by atoms with Gasteiger partial charge in [0.15, 0.2) is 0 Å². The molecule has 0 saturated heterocycles. The van der Waals surface area contributed by atoms with Crippen molar-refractivity contribution in [2.45, 2.75) is 119 Å². The Balaban J connectivity index is 4.01. The molecule has 1 nitrogen and oxygen atoms in total. The van der Waals surface area contributed by atoms with Crippen LogP contribution in [0.4, 0.5) is 0 Å². The highest BCUT2D eigenvalue weighted by Crippen LogP contribution is 2.28. The smallest absolute Gasteiger partial charge is 0.000419 e. The third kappa shape index (κ3) is 14.1. The van der Waals surface area contributed by atoms with Crippen LogP contribution in [-0.2, 0) is 0 Å². The molecule has 0 spiro atoms. The van der Waals surface area contributed by atoms with Crippen molar-refractivity contribution < 1.29 is 0 Å². The summed E-state index contributed by atoms with van der Waals surface area (Å²) in [7, 11) is 2.34. The molecule has 0 aromatic carbocycles. The molecular formula is C25H53N. The number of hydrogen-bond donors (Lipinski definition) is 0. The van der Waals surface area contributed by atoms with Crippen LogP contribution in [0.3, 0.4) is 0 Å². The van der Waals surface area contributed by atoms with Gasteiger partial charge in [0.05, 0.1) is 0 Å². The topological polar surface area (TPSA) is 3.24 Å². The number of rotatable bonds is 18. The SMILES string of the molecule is CCCCCCCC(C)CN(C)CC(C)CC(CC)C(C)CCCCC. The Bertz CT molecular complexity index is 288. The van der Waals surface area contributed by atoms with Gasteiger partial charge in [-0.2, -0.15) is 0 Å². The summed E-state index contributed by atoms with van der Waals surface area (Å²) in [6.07, 6.45) is 16.9. The fourth-order valence-electron chi connectivity index (χ4n) is 4.67. The van der Waals surface area contributed by atoms with Crippen molar-refractivity contribution in [1.82, 2.24) is 4.90 Å². The van der Waals surface area contributed by atoms with Crippen molar-refractivity contribution in [2.75, 3.05) is 20.1 Å². The van der Waals surface area contributed by atoms with Crippen molar-refractivity contribution >= 4 is 0 Å². The third-order valence-corrected chi connectivity index (χ3v) is 6.34. The summed E-state index contributed by atoms with van der Waals surface area (Å²) in [5.41, 5.74) is 0. The molecule has 0 aromatic heterocycles. The van der Waals surface area contributed by atoms with Crippen LogP contribution < -0.4 is 0 Å². The second kappa shape index (κ2) is 17.1. The van der Waals surface area contributed by atoms with Gasteiger partial charge in [0, 0.05) is 13.1 Å². The molecule has 0 aromatic rings. The predicted molar refractivity (Wildman–Crippen MR) is 121 cm³/mol. The Labute approximate surface area is 167 Å². The Morgan fingerprint density at radius 3 is 1.81 bits per heavy atom. The first-order valence-electron chi connectivity index (χ1n) is 12.1. The van der Waals surface area contributed by atoms with Crippen molar-refractivity contribution in [2.24, 2.45) is 23.7 Å². The number of unbranched alkanes of at least 4 members (excludes halogenated alkanes) is 6. The standard InChI is InChI=1S/C25H53N/c1-8-11-13-14-16-17-22(4)20-26(7)21-23(5)19-25(10-3)24(6)18-15-12-9-2/h22-25H,8-21H2,1-7H3. The van der Waals surface area contributed by atoms with E-state index >= 15 is 0 Å². The average Bonchev–Trinajstić information content (AvgIpc) is 2.59. The molecule has 0 amide bonds. The summed E-state index contributed by atoms with van der Waals surface area (Å²) in [6.45, 7) is 17.0. The summed E-state index contributed by atoms with van der Waals surface area (Å²) >= 11 is 0. The van der Waals surface area contributed by atoms with E-state index in [1.165, 1.54) is 90.1 Å². The maximum atomic E-state index is 2.61. The highest BCUT2D eigenvalue weighted by Gasteiger charge is 2.19. The Hall–Kier alpha value is -0.0400. The summed E-state index contributed by atoms with van der Waals surface area (Å²) < 4.78 is 0. The van der Waals surface area contributed by atoms with E-state index < -0.39 is 0 Å². The number of nitrogens with zero attached hydrogens (tertiary/aromatic N) is 1. The summed E-state index contributed by atoms with van der Waals surface area (Å²) in [6, 6.07) is 0. The fourth-order valence-corrected chi connectivity index (χ4v) is 4.67. The van der Waals surface area contributed by atoms with Crippen LogP contribution >= 0.6 is 0 Å². The van der Waals surface area contributed by atoms with Gasteiger partial charge in [0.1, 0.15) is 0 Å². The minimum atomic E-state index is 0.829. The Morgan fingerprint density at radius 1 is 0.654 bits per heavy atom. The van der Waals surface area contributed by atoms with Crippen molar-refractivity contribution in [3.05, 3.63) is 0 Å². The predicted octanol–water partition coefficient (Wildman–Crippen LogP) is 8.18. The van der Waals surface area contributed by atoms with Gasteiger partial charge in [-0.15, -0.1) is 0 Å². The van der Waals surface area contributed by atoms with Crippen LogP contribution in [0.1, 0.15) is 119 Å². The lowest BCUT2D eigenvalue weighted by atomic mass is 9.81. The average molecular weight is 368 g/mol. The van der Waals surface area contributed by atoms with E-state index in [4.69, 9.17) is 0 Å². The highest BCUT2D eigenvalue weighted by atomic mass is 15.1. The van der Waals surface area contributed by atoms with Crippen LogP contribution in [0.5, 0.6) is 0 Å². The van der Waals surface area contributed by atoms with Gasteiger partial charge in [-0.05, 0) is 43.6 Å². The molecule has 4 unspecified atom stereocenters. The molecule has 0 radical (unpaired) electrons. The molecule has 0 saturated carbocycles. The number of hydrogen-bond acceptors (Lipinski definition) is 1. The quantitative estimate of drug-likeness (QED) is 0.221. The lowest BCUT2D eigenvalue weighted by Crippen LogP contribution is -2.30. The first kappa shape index (κ1) is 26.0. The highest BCUT2D eigenvalue weighted by molar-refractivity contribution is 4.71. The van der Waals surface area contributed by atoms with E-state index in [0.29, 0.717) is 0 Å². The van der Waals surface area contributed by atoms with Gasteiger partial charge in [0.25, 0.3) is 0 Å². The lowest BCUT2D eigenvalue weighted by molar-refractivity contribution is 0.201. The van der Waals surface area contributed by atoms with Crippen LogP contribution in [0.2, 0.25) is 0 Å². The second-order valence-corrected chi connectivity index (χ2v) is 9.51. The molecule has 0 fully saturated rings. The van der Waals surface area contributed by atoms with Gasteiger partial charge in [-0.3, -0.25) is 0 Å². The van der Waals surface area contributed by atoms with Crippen molar-refractivity contribution in [1.29, 1.82) is 0 Å². The molecule has 0 aliphatic rings. The molecule has 158 valence electrons. The zero-order chi connectivity index (χ0) is 19.8. The molecule has 26 heavy (non-hydrogen) atoms. The van der Waals surface area contributed by atoms with E-state index in [2.05, 4.69) is 53.5 Å². The van der Waals surface area contributed by atoms with Crippen LogP contribution in [0.25, 0.3) is 0 Å². The monoisotopic (exact) mass is 367 g/mol. The summed E-state index contributed by atoms with van der Waals surface area (Å²) in [5.74, 6) is 3.51. The van der Waals surface area contributed by atoms with E-state index in [-0.39, 0.29) is 0 Å². The minimum Gasteiger partial charge on any atom is -0.306 e. The maximum Gasteiger partial charge on any atom is 0.000419 e. The van der Waals surface area contributed by atoms with Gasteiger partial charge in [0.2, 0.25) is 0 Å². The van der Waals surface area contributed by atoms with Crippen LogP contribution in [0.15, 0.2) is 0 Å². The van der Waals surface area contributed by atoms with E-state index in [9.17, 15) is 0 Å². The van der Waals surface area contributed by atoms with Gasteiger partial charge in [-0.1, -0.05) is 106 Å². The third-order valence-electron chi connectivity index (χ3n) is 6.34. The summed E-state index contributed by atoms with van der Waals surface area (Å²) in [4.78, 5) is 2.61. The zero-order valence-electron chi connectivity index (χ0n) is 19.7. The minimum absolute atomic E-state index is 0.829. The Kier molecular flexibility index (Phi) is 17.1. The van der Waals surface area contributed by atoms with Gasteiger partial charge >= 0.3 is 0 Å². The molecule has 0 aliphatic carbocycles. The first-order valence-corrected chi connectivity index (χ1v) is 12.1. The van der Waals surface area contributed by atoms with Crippen molar-refractivity contribution in [3.8, 4) is 0 Å². The van der Waals surface area contributed by atoms with Gasteiger partial charge in [-0.25, -0.2) is 0 Å².